The highest BCUT2D eigenvalue weighted by molar-refractivity contribution is 7.13. The van der Waals surface area contributed by atoms with Crippen LogP contribution in [0.15, 0.2) is 42.0 Å². The largest absolute Gasteiger partial charge is 0.497 e. The minimum atomic E-state index is -0.325. The number of rotatable bonds is 4. The molecule has 2 rings (SSSR count). The van der Waals surface area contributed by atoms with Gasteiger partial charge in [-0.2, -0.15) is 0 Å². The number of anilines is 1. The number of hydrogen-bond donors (Lipinski definition) is 2. The normalized spacial score (nSPS) is 10.4. The topological polar surface area (TPSA) is 63.2 Å². The zero-order chi connectivity index (χ0) is 13.5. The Morgan fingerprint density at radius 2 is 2.37 bits per heavy atom. The maximum Gasteiger partial charge on any atom is 0.325 e. The molecule has 0 atom stereocenters. The summed E-state index contributed by atoms with van der Waals surface area (Å²) in [7, 11) is 1.61. The van der Waals surface area contributed by atoms with E-state index >= 15 is 0 Å². The summed E-state index contributed by atoms with van der Waals surface area (Å²) in [6.07, 6.45) is 4.98. The molecular weight excluding hydrogens is 262 g/mol. The lowest BCUT2D eigenvalue weighted by atomic mass is 10.2. The minimum Gasteiger partial charge on any atom is -0.497 e. The van der Waals surface area contributed by atoms with Crippen molar-refractivity contribution in [3.8, 4) is 5.75 Å². The van der Waals surface area contributed by atoms with Gasteiger partial charge in [-0.1, -0.05) is 12.1 Å². The summed E-state index contributed by atoms with van der Waals surface area (Å²) in [5, 5.41) is 7.57. The van der Waals surface area contributed by atoms with Crippen LogP contribution in [-0.2, 0) is 0 Å². The minimum absolute atomic E-state index is 0.325. The van der Waals surface area contributed by atoms with Crippen LogP contribution < -0.4 is 15.4 Å². The first-order valence-electron chi connectivity index (χ1n) is 5.55. The van der Waals surface area contributed by atoms with E-state index in [1.165, 1.54) is 11.3 Å². The number of nitrogens with one attached hydrogen (secondary N) is 2. The molecule has 0 bridgehead atoms. The molecule has 0 aliphatic carbocycles. The Kier molecular flexibility index (Phi) is 4.52. The van der Waals surface area contributed by atoms with E-state index in [9.17, 15) is 4.79 Å². The number of carbonyl (C=O) groups is 1. The van der Waals surface area contributed by atoms with Crippen LogP contribution in [0.5, 0.6) is 5.75 Å². The lowest BCUT2D eigenvalue weighted by molar-refractivity contribution is 0.255. The van der Waals surface area contributed by atoms with Crippen LogP contribution in [0.2, 0.25) is 0 Å². The van der Waals surface area contributed by atoms with Crippen LogP contribution in [0.1, 0.15) is 5.56 Å². The van der Waals surface area contributed by atoms with Crippen molar-refractivity contribution in [1.82, 2.24) is 10.3 Å². The number of carbonyl (C=O) groups excluding carboxylic acids is 1. The molecule has 6 heteroatoms. The molecule has 0 aliphatic heterocycles. The first-order valence-corrected chi connectivity index (χ1v) is 6.43. The molecule has 0 saturated carbocycles. The third kappa shape index (κ3) is 4.11. The Bertz CT molecular complexity index is 567. The van der Waals surface area contributed by atoms with Crippen LogP contribution >= 0.6 is 11.3 Å². The smallest absolute Gasteiger partial charge is 0.325 e. The predicted molar refractivity (Wildman–Crippen MR) is 76.3 cm³/mol. The molecule has 0 radical (unpaired) electrons. The van der Waals surface area contributed by atoms with Gasteiger partial charge in [-0.05, 0) is 23.8 Å². The maximum absolute atomic E-state index is 11.5. The van der Waals surface area contributed by atoms with Crippen molar-refractivity contribution in [2.24, 2.45) is 0 Å². The molecule has 1 aromatic carbocycles. The molecule has 98 valence electrons. The van der Waals surface area contributed by atoms with Gasteiger partial charge in [0, 0.05) is 17.8 Å². The van der Waals surface area contributed by atoms with Gasteiger partial charge in [-0.25, -0.2) is 9.78 Å². The summed E-state index contributed by atoms with van der Waals surface area (Å²) >= 11 is 1.36. The van der Waals surface area contributed by atoms with Gasteiger partial charge in [0.1, 0.15) is 5.75 Å². The Morgan fingerprint density at radius 3 is 3.11 bits per heavy atom. The SMILES string of the molecule is COc1cccc(/C=C/NC(=O)Nc2nccs2)c1. The van der Waals surface area contributed by atoms with Crippen LogP contribution in [0, 0.1) is 0 Å². The Balaban J connectivity index is 1.87. The molecule has 0 spiro atoms. The van der Waals surface area contributed by atoms with Crippen molar-refractivity contribution in [2.45, 2.75) is 0 Å². The first kappa shape index (κ1) is 13.1. The highest BCUT2D eigenvalue weighted by Crippen LogP contribution is 2.13. The molecule has 1 aromatic heterocycles. The van der Waals surface area contributed by atoms with Crippen molar-refractivity contribution < 1.29 is 9.53 Å². The Labute approximate surface area is 114 Å². The lowest BCUT2D eigenvalue weighted by Gasteiger charge is -2.01. The zero-order valence-corrected chi connectivity index (χ0v) is 11.1. The average Bonchev–Trinajstić information content (AvgIpc) is 2.92. The quantitative estimate of drug-likeness (QED) is 0.901. The van der Waals surface area contributed by atoms with Crippen molar-refractivity contribution in [3.63, 3.8) is 0 Å². The lowest BCUT2D eigenvalue weighted by Crippen LogP contribution is -2.23. The van der Waals surface area contributed by atoms with Crippen molar-refractivity contribution in [3.05, 3.63) is 47.6 Å². The first-order chi connectivity index (χ1) is 9.28. The molecule has 19 heavy (non-hydrogen) atoms. The standard InChI is InChI=1S/C13H13N3O2S/c1-18-11-4-2-3-10(9-11)5-6-14-12(17)16-13-15-7-8-19-13/h2-9H,1H3,(H2,14,15,16,17)/b6-5+. The number of amides is 2. The number of methoxy groups -OCH3 is 1. The van der Waals surface area contributed by atoms with Crippen molar-refractivity contribution in [1.29, 1.82) is 0 Å². The summed E-state index contributed by atoms with van der Waals surface area (Å²) in [6, 6.07) is 7.21. The number of ether oxygens (including phenoxy) is 1. The van der Waals surface area contributed by atoms with Gasteiger partial charge >= 0.3 is 6.03 Å². The summed E-state index contributed by atoms with van der Waals surface area (Å²) < 4.78 is 5.11. The van der Waals surface area contributed by atoms with Crippen LogP contribution in [0.4, 0.5) is 9.93 Å². The number of benzene rings is 1. The van der Waals surface area contributed by atoms with E-state index in [0.717, 1.165) is 11.3 Å². The number of thiazole rings is 1. The van der Waals surface area contributed by atoms with Gasteiger partial charge in [-0.15, -0.1) is 11.3 Å². The van der Waals surface area contributed by atoms with E-state index in [1.54, 1.807) is 31.0 Å². The van der Waals surface area contributed by atoms with E-state index in [0.29, 0.717) is 5.13 Å². The maximum atomic E-state index is 11.5. The molecule has 0 aliphatic rings. The molecule has 0 saturated heterocycles. The van der Waals surface area contributed by atoms with Gasteiger partial charge in [0.25, 0.3) is 0 Å². The third-order valence-corrected chi connectivity index (χ3v) is 2.93. The number of urea groups is 1. The summed E-state index contributed by atoms with van der Waals surface area (Å²) in [6.45, 7) is 0. The summed E-state index contributed by atoms with van der Waals surface area (Å²) in [5.41, 5.74) is 0.939. The van der Waals surface area contributed by atoms with Gasteiger partial charge in [0.05, 0.1) is 7.11 Å². The van der Waals surface area contributed by atoms with E-state index in [1.807, 2.05) is 24.3 Å². The van der Waals surface area contributed by atoms with Crippen LogP contribution in [-0.4, -0.2) is 18.1 Å². The fourth-order valence-electron chi connectivity index (χ4n) is 1.38. The van der Waals surface area contributed by atoms with Gasteiger partial charge in [0.2, 0.25) is 0 Å². The zero-order valence-electron chi connectivity index (χ0n) is 10.3. The van der Waals surface area contributed by atoms with Crippen molar-refractivity contribution >= 4 is 28.6 Å². The van der Waals surface area contributed by atoms with E-state index in [2.05, 4.69) is 15.6 Å². The predicted octanol–water partition coefficient (Wildman–Crippen LogP) is 2.94. The number of hydrogen-bond acceptors (Lipinski definition) is 4. The Hall–Kier alpha value is -2.34. The molecule has 2 amide bonds. The van der Waals surface area contributed by atoms with Gasteiger partial charge in [-0.3, -0.25) is 5.32 Å². The number of nitrogens with zero attached hydrogens (tertiary/aromatic N) is 1. The third-order valence-electron chi connectivity index (χ3n) is 2.24. The second-order valence-electron chi connectivity index (χ2n) is 3.55. The number of aromatic nitrogens is 1. The van der Waals surface area contributed by atoms with E-state index in [-0.39, 0.29) is 6.03 Å². The second kappa shape index (κ2) is 6.55. The fourth-order valence-corrected chi connectivity index (χ4v) is 1.90. The second-order valence-corrected chi connectivity index (χ2v) is 4.44. The molecule has 5 nitrogen and oxygen atoms in total. The molecule has 1 heterocycles. The molecule has 2 N–H and O–H groups in total. The summed E-state index contributed by atoms with van der Waals surface area (Å²) in [5.74, 6) is 0.773. The summed E-state index contributed by atoms with van der Waals surface area (Å²) in [4.78, 5) is 15.4. The van der Waals surface area contributed by atoms with Gasteiger partial charge in [0.15, 0.2) is 5.13 Å². The van der Waals surface area contributed by atoms with E-state index in [4.69, 9.17) is 4.74 Å². The van der Waals surface area contributed by atoms with Crippen LogP contribution in [0.3, 0.4) is 0 Å². The molecule has 0 unspecified atom stereocenters. The highest BCUT2D eigenvalue weighted by Gasteiger charge is 2.00. The van der Waals surface area contributed by atoms with Crippen molar-refractivity contribution in [2.75, 3.05) is 12.4 Å². The molecule has 0 fully saturated rings. The molecular formula is C13H13N3O2S. The Morgan fingerprint density at radius 1 is 1.47 bits per heavy atom. The highest BCUT2D eigenvalue weighted by atomic mass is 32.1. The monoisotopic (exact) mass is 275 g/mol. The van der Waals surface area contributed by atoms with Crippen LogP contribution in [0.25, 0.3) is 6.08 Å². The molecule has 2 aromatic rings. The fraction of sp³-hybridized carbons (Fsp3) is 0.0769. The van der Waals surface area contributed by atoms with Gasteiger partial charge < -0.3 is 10.1 Å². The average molecular weight is 275 g/mol. The van der Waals surface area contributed by atoms with E-state index < -0.39 is 0 Å².